The number of rotatable bonds is 10. The third-order valence-electron chi connectivity index (χ3n) is 6.65. The highest BCUT2D eigenvalue weighted by molar-refractivity contribution is 5.74. The van der Waals surface area contributed by atoms with Gasteiger partial charge in [-0.25, -0.2) is 0 Å². The van der Waals surface area contributed by atoms with E-state index >= 15 is 0 Å². The summed E-state index contributed by atoms with van der Waals surface area (Å²) in [7, 11) is 0. The number of aliphatic hydroxyl groups is 2. The molecule has 0 aromatic carbocycles. The SMILES string of the molecule is C=C1C(OC(=O)C(C)C(C)OC(C)=O)C[C@@H](C(C)COC(C)=O)[C@@H](O)/C=C(\COC(C)=O)C[C@H](O)[C@H]1OC(C)=O. The van der Waals surface area contributed by atoms with Gasteiger partial charge >= 0.3 is 29.8 Å². The minimum absolute atomic E-state index is 0.0500. The van der Waals surface area contributed by atoms with Crippen LogP contribution in [-0.2, 0) is 47.7 Å². The molecule has 0 bridgehead atoms. The zero-order chi connectivity index (χ0) is 30.7. The van der Waals surface area contributed by atoms with Gasteiger partial charge in [0.1, 0.15) is 18.8 Å². The molecule has 226 valence electrons. The van der Waals surface area contributed by atoms with Gasteiger partial charge in [0.15, 0.2) is 6.10 Å². The average molecular weight is 571 g/mol. The fourth-order valence-corrected chi connectivity index (χ4v) is 4.28. The number of aliphatic hydroxyl groups excluding tert-OH is 2. The first-order valence-corrected chi connectivity index (χ1v) is 13.1. The number of carbonyl (C=O) groups excluding carboxylic acids is 5. The number of esters is 5. The molecule has 1 rings (SSSR count). The Morgan fingerprint density at radius 1 is 0.925 bits per heavy atom. The van der Waals surface area contributed by atoms with Crippen LogP contribution in [0.1, 0.15) is 61.3 Å². The highest BCUT2D eigenvalue weighted by atomic mass is 16.6. The Morgan fingerprint density at radius 2 is 1.52 bits per heavy atom. The molecule has 0 heterocycles. The highest BCUT2D eigenvalue weighted by Gasteiger charge is 2.39. The second-order valence-electron chi connectivity index (χ2n) is 10.2. The monoisotopic (exact) mass is 570 g/mol. The van der Waals surface area contributed by atoms with Gasteiger partial charge in [-0.05, 0) is 37.7 Å². The molecule has 0 radical (unpaired) electrons. The van der Waals surface area contributed by atoms with E-state index in [2.05, 4.69) is 6.58 Å². The maximum absolute atomic E-state index is 13.1. The van der Waals surface area contributed by atoms with E-state index in [4.69, 9.17) is 23.7 Å². The summed E-state index contributed by atoms with van der Waals surface area (Å²) in [5, 5.41) is 22.3. The minimum atomic E-state index is -1.39. The summed E-state index contributed by atoms with van der Waals surface area (Å²) < 4.78 is 26.5. The maximum atomic E-state index is 13.1. The summed E-state index contributed by atoms with van der Waals surface area (Å²) in [6.07, 6.45) is -4.72. The molecule has 8 atom stereocenters. The molecule has 0 aromatic heterocycles. The standard InChI is InChI=1S/C28H42O12/c1-14(12-36-18(5)29)23-11-26(40-28(35)15(2)17(4)38-20(7)31)16(3)27(39-21(8)32)25(34)10-22(9-24(23)33)13-37-19(6)30/h9,14-15,17,23-27,33-34H,3,10-13H2,1-2,4-8H3/b22-9-/t14?,15?,17?,23-,24-,25-,26?,27-/m0/s1. The molecule has 12 heteroatoms. The summed E-state index contributed by atoms with van der Waals surface area (Å²) in [6, 6.07) is 0. The van der Waals surface area contributed by atoms with Crippen LogP contribution in [0.5, 0.6) is 0 Å². The van der Waals surface area contributed by atoms with Crippen LogP contribution < -0.4 is 0 Å². The topological polar surface area (TPSA) is 172 Å². The normalized spacial score (nSPS) is 27.1. The average Bonchev–Trinajstić information content (AvgIpc) is 2.84. The summed E-state index contributed by atoms with van der Waals surface area (Å²) in [5.41, 5.74) is 0.401. The number of carbonyl (C=O) groups is 5. The van der Waals surface area contributed by atoms with E-state index in [9.17, 15) is 34.2 Å². The molecule has 1 aliphatic carbocycles. The first-order chi connectivity index (χ1) is 18.5. The predicted octanol–water partition coefficient (Wildman–Crippen LogP) is 1.79. The number of ether oxygens (including phenoxy) is 5. The second kappa shape index (κ2) is 16.1. The van der Waals surface area contributed by atoms with Crippen LogP contribution >= 0.6 is 0 Å². The summed E-state index contributed by atoms with van der Waals surface area (Å²) >= 11 is 0. The summed E-state index contributed by atoms with van der Waals surface area (Å²) in [5.74, 6) is -5.20. The van der Waals surface area contributed by atoms with Crippen molar-refractivity contribution in [1.29, 1.82) is 0 Å². The highest BCUT2D eigenvalue weighted by Crippen LogP contribution is 2.33. The van der Waals surface area contributed by atoms with Crippen molar-refractivity contribution >= 4 is 29.8 Å². The fraction of sp³-hybridized carbons (Fsp3) is 0.679. The quantitative estimate of drug-likeness (QED) is 0.222. The predicted molar refractivity (Wildman–Crippen MR) is 140 cm³/mol. The summed E-state index contributed by atoms with van der Waals surface area (Å²) in [4.78, 5) is 59.3. The third kappa shape index (κ3) is 11.5. The molecule has 2 N–H and O–H groups in total. The Balaban J connectivity index is 3.54. The van der Waals surface area contributed by atoms with Crippen molar-refractivity contribution in [3.63, 3.8) is 0 Å². The zero-order valence-corrected chi connectivity index (χ0v) is 24.2. The van der Waals surface area contributed by atoms with E-state index in [1.54, 1.807) is 6.92 Å². The van der Waals surface area contributed by atoms with Crippen LogP contribution in [0, 0.1) is 17.8 Å². The molecule has 0 saturated heterocycles. The van der Waals surface area contributed by atoms with Gasteiger partial charge in [-0.1, -0.05) is 19.6 Å². The molecular formula is C28H42O12. The molecule has 0 fully saturated rings. The van der Waals surface area contributed by atoms with E-state index in [0.717, 1.165) is 6.92 Å². The van der Waals surface area contributed by atoms with Crippen molar-refractivity contribution in [2.45, 2.75) is 91.8 Å². The smallest absolute Gasteiger partial charge is 0.313 e. The van der Waals surface area contributed by atoms with Gasteiger partial charge in [-0.3, -0.25) is 24.0 Å². The van der Waals surface area contributed by atoms with E-state index < -0.39 is 78.1 Å². The van der Waals surface area contributed by atoms with Gasteiger partial charge in [0.25, 0.3) is 0 Å². The lowest BCUT2D eigenvalue weighted by atomic mass is 9.79. The molecule has 4 unspecified atom stereocenters. The van der Waals surface area contributed by atoms with Gasteiger partial charge in [0.05, 0.1) is 24.7 Å². The fourth-order valence-electron chi connectivity index (χ4n) is 4.28. The molecule has 1 aliphatic rings. The number of hydrogen-bond donors (Lipinski definition) is 2. The lowest BCUT2D eigenvalue weighted by Gasteiger charge is -2.36. The second-order valence-corrected chi connectivity index (χ2v) is 10.2. The van der Waals surface area contributed by atoms with Crippen LogP contribution in [-0.4, -0.2) is 83.8 Å². The maximum Gasteiger partial charge on any atom is 0.313 e. The zero-order valence-electron chi connectivity index (χ0n) is 24.2. The van der Waals surface area contributed by atoms with Crippen molar-refractivity contribution in [2.75, 3.05) is 13.2 Å². The van der Waals surface area contributed by atoms with Gasteiger partial charge in [0, 0.05) is 39.7 Å². The van der Waals surface area contributed by atoms with Crippen molar-refractivity contribution < 1.29 is 57.9 Å². The van der Waals surface area contributed by atoms with Crippen LogP contribution in [0.2, 0.25) is 0 Å². The first-order valence-electron chi connectivity index (χ1n) is 13.1. The molecule has 0 spiro atoms. The molecule has 0 saturated carbocycles. The van der Waals surface area contributed by atoms with Gasteiger partial charge in [-0.2, -0.15) is 0 Å². The minimum Gasteiger partial charge on any atom is -0.466 e. The third-order valence-corrected chi connectivity index (χ3v) is 6.65. The Labute approximate surface area is 234 Å². The van der Waals surface area contributed by atoms with Gasteiger partial charge in [-0.15, -0.1) is 0 Å². The lowest BCUT2D eigenvalue weighted by Crippen LogP contribution is -2.43. The van der Waals surface area contributed by atoms with Crippen molar-refractivity contribution in [1.82, 2.24) is 0 Å². The van der Waals surface area contributed by atoms with Crippen LogP contribution in [0.15, 0.2) is 23.8 Å². The molecular weight excluding hydrogens is 528 g/mol. The Hall–Kier alpha value is -3.25. The van der Waals surface area contributed by atoms with Crippen molar-refractivity contribution in [3.8, 4) is 0 Å². The van der Waals surface area contributed by atoms with Gasteiger partial charge < -0.3 is 33.9 Å². The van der Waals surface area contributed by atoms with Crippen LogP contribution in [0.3, 0.4) is 0 Å². The largest absolute Gasteiger partial charge is 0.466 e. The molecule has 40 heavy (non-hydrogen) atoms. The van der Waals surface area contributed by atoms with E-state index in [1.807, 2.05) is 0 Å². The van der Waals surface area contributed by atoms with Crippen LogP contribution in [0.25, 0.3) is 0 Å². The number of hydrogen-bond acceptors (Lipinski definition) is 12. The van der Waals surface area contributed by atoms with Gasteiger partial charge in [0.2, 0.25) is 0 Å². The molecule has 0 aliphatic heterocycles. The summed E-state index contributed by atoms with van der Waals surface area (Å²) in [6.45, 7) is 13.3. The lowest BCUT2D eigenvalue weighted by molar-refractivity contribution is -0.163. The molecule has 12 nitrogen and oxygen atoms in total. The van der Waals surface area contributed by atoms with Crippen molar-refractivity contribution in [3.05, 3.63) is 23.8 Å². The molecule has 0 amide bonds. The Bertz CT molecular complexity index is 970. The van der Waals surface area contributed by atoms with Crippen LogP contribution in [0.4, 0.5) is 0 Å². The van der Waals surface area contributed by atoms with E-state index in [0.29, 0.717) is 5.57 Å². The Kier molecular flexibility index (Phi) is 14.0. The van der Waals surface area contributed by atoms with E-state index in [1.165, 1.54) is 40.7 Å². The van der Waals surface area contributed by atoms with Crippen molar-refractivity contribution in [2.24, 2.45) is 17.8 Å². The van der Waals surface area contributed by atoms with E-state index in [-0.39, 0.29) is 31.6 Å². The first kappa shape index (κ1) is 34.8. The Morgan fingerprint density at radius 3 is 2.05 bits per heavy atom. The molecule has 0 aromatic rings.